The summed E-state index contributed by atoms with van der Waals surface area (Å²) in [4.78, 5) is 12.4. The number of hydrogen-bond donors (Lipinski definition) is 0. The highest BCUT2D eigenvalue weighted by molar-refractivity contribution is 9.10. The predicted molar refractivity (Wildman–Crippen MR) is 87.0 cm³/mol. The molecule has 0 N–H and O–H groups in total. The molecule has 3 rings (SSSR count). The third kappa shape index (κ3) is 2.16. The van der Waals surface area contributed by atoms with Gasteiger partial charge < -0.3 is 4.57 Å². The normalized spacial score (nSPS) is 10.5. The topological polar surface area (TPSA) is 45.8 Å². The Kier molecular flexibility index (Phi) is 3.36. The quantitative estimate of drug-likeness (QED) is 0.676. The predicted octanol–water partition coefficient (Wildman–Crippen LogP) is 3.84. The average Bonchev–Trinajstić information content (AvgIpc) is 2.53. The zero-order valence-corrected chi connectivity index (χ0v) is 12.9. The summed E-state index contributed by atoms with van der Waals surface area (Å²) in [5, 5.41) is 10.0. The second-order valence-corrected chi connectivity index (χ2v) is 5.56. The van der Waals surface area contributed by atoms with Crippen LogP contribution in [-0.2, 0) is 7.05 Å². The van der Waals surface area contributed by atoms with Gasteiger partial charge in [-0.1, -0.05) is 30.3 Å². The summed E-state index contributed by atoms with van der Waals surface area (Å²) in [6.45, 7) is 0. The molecule has 0 aliphatic carbocycles. The number of halogens is 1. The molecule has 1 heterocycles. The van der Waals surface area contributed by atoms with Gasteiger partial charge in [-0.2, -0.15) is 5.26 Å². The lowest BCUT2D eigenvalue weighted by Crippen LogP contribution is -2.18. The number of hydrogen-bond acceptors (Lipinski definition) is 2. The van der Waals surface area contributed by atoms with E-state index in [1.54, 1.807) is 23.7 Å². The number of fused-ring (bicyclic) bond motifs is 1. The molecule has 0 fully saturated rings. The third-order valence-electron chi connectivity index (χ3n) is 3.53. The Morgan fingerprint density at radius 3 is 2.67 bits per heavy atom. The van der Waals surface area contributed by atoms with E-state index in [2.05, 4.69) is 22.0 Å². The second kappa shape index (κ2) is 5.19. The van der Waals surface area contributed by atoms with Crippen molar-refractivity contribution in [1.82, 2.24) is 4.57 Å². The van der Waals surface area contributed by atoms with Crippen LogP contribution in [0.1, 0.15) is 5.56 Å². The summed E-state index contributed by atoms with van der Waals surface area (Å²) in [6.07, 6.45) is 0. The molecule has 0 aliphatic heterocycles. The maximum atomic E-state index is 12.4. The molecule has 3 nitrogen and oxygen atoms in total. The molecule has 0 bridgehead atoms. The largest absolute Gasteiger partial charge is 0.310 e. The maximum Gasteiger partial charge on any atom is 0.265 e. The summed E-state index contributed by atoms with van der Waals surface area (Å²) in [5.74, 6) is 0. The molecule has 21 heavy (non-hydrogen) atoms. The fraction of sp³-hybridized carbons (Fsp3) is 0.0588. The molecule has 1 aromatic heterocycles. The summed E-state index contributed by atoms with van der Waals surface area (Å²) < 4.78 is 2.13. The van der Waals surface area contributed by atoms with Crippen molar-refractivity contribution in [3.63, 3.8) is 0 Å². The van der Waals surface area contributed by atoms with Crippen molar-refractivity contribution in [3.8, 4) is 17.2 Å². The highest BCUT2D eigenvalue weighted by Gasteiger charge is 2.14. The zero-order valence-electron chi connectivity index (χ0n) is 11.3. The van der Waals surface area contributed by atoms with Gasteiger partial charge in [0.2, 0.25) is 0 Å². The first-order valence-corrected chi connectivity index (χ1v) is 7.20. The van der Waals surface area contributed by atoms with Crippen molar-refractivity contribution in [2.45, 2.75) is 0 Å². The van der Waals surface area contributed by atoms with Crippen LogP contribution in [-0.4, -0.2) is 4.57 Å². The molecule has 0 aliphatic rings. The first-order valence-electron chi connectivity index (χ1n) is 6.41. The van der Waals surface area contributed by atoms with E-state index in [9.17, 15) is 4.79 Å². The van der Waals surface area contributed by atoms with Crippen LogP contribution in [0.25, 0.3) is 22.0 Å². The number of para-hydroxylation sites is 1. The molecule has 2 aromatic carbocycles. The second-order valence-electron chi connectivity index (χ2n) is 4.76. The number of rotatable bonds is 1. The SMILES string of the molecule is Cn1c(=O)c(Br)c(-c2cccc(C#N)c2)c2ccccc21. The summed E-state index contributed by atoms with van der Waals surface area (Å²) in [5.41, 5.74) is 3.03. The van der Waals surface area contributed by atoms with Gasteiger partial charge in [-0.15, -0.1) is 0 Å². The van der Waals surface area contributed by atoms with E-state index in [1.807, 2.05) is 36.4 Å². The van der Waals surface area contributed by atoms with E-state index in [0.717, 1.165) is 22.0 Å². The van der Waals surface area contributed by atoms with Gasteiger partial charge in [0.05, 0.1) is 21.6 Å². The molecule has 0 saturated carbocycles. The standard InChI is InChI=1S/C17H11BrN2O/c1-20-14-8-3-2-7-13(14)15(16(18)17(20)21)12-6-4-5-11(9-12)10-19/h2-9H,1H3. The Morgan fingerprint density at radius 2 is 1.90 bits per heavy atom. The maximum absolute atomic E-state index is 12.4. The van der Waals surface area contributed by atoms with Gasteiger partial charge in [0.25, 0.3) is 5.56 Å². The smallest absolute Gasteiger partial charge is 0.265 e. The van der Waals surface area contributed by atoms with E-state index in [4.69, 9.17) is 5.26 Å². The van der Waals surface area contributed by atoms with Crippen molar-refractivity contribution in [2.24, 2.45) is 7.05 Å². The van der Waals surface area contributed by atoms with Crippen molar-refractivity contribution in [1.29, 1.82) is 5.26 Å². The lowest BCUT2D eigenvalue weighted by atomic mass is 9.99. The molecule has 102 valence electrons. The molecule has 0 spiro atoms. The summed E-state index contributed by atoms with van der Waals surface area (Å²) in [7, 11) is 1.75. The van der Waals surface area contributed by atoms with Gasteiger partial charge in [-0.3, -0.25) is 4.79 Å². The Balaban J connectivity index is 2.48. The first kappa shape index (κ1) is 13.6. The van der Waals surface area contributed by atoms with Gasteiger partial charge in [0.1, 0.15) is 0 Å². The van der Waals surface area contributed by atoms with E-state index in [0.29, 0.717) is 10.0 Å². The van der Waals surface area contributed by atoms with Crippen LogP contribution >= 0.6 is 15.9 Å². The summed E-state index contributed by atoms with van der Waals surface area (Å²) >= 11 is 3.42. The lowest BCUT2D eigenvalue weighted by molar-refractivity contribution is 0.900. The molecule has 0 radical (unpaired) electrons. The van der Waals surface area contributed by atoms with Crippen LogP contribution < -0.4 is 5.56 Å². The fourth-order valence-electron chi connectivity index (χ4n) is 2.49. The van der Waals surface area contributed by atoms with Crippen LogP contribution in [0.15, 0.2) is 57.8 Å². The molecule has 3 aromatic rings. The number of nitrogens with zero attached hydrogens (tertiary/aromatic N) is 2. The van der Waals surface area contributed by atoms with E-state index in [1.165, 1.54) is 0 Å². The Labute approximate surface area is 130 Å². The van der Waals surface area contributed by atoms with Crippen molar-refractivity contribution in [2.75, 3.05) is 0 Å². The zero-order chi connectivity index (χ0) is 15.0. The third-order valence-corrected chi connectivity index (χ3v) is 4.26. The van der Waals surface area contributed by atoms with E-state index in [-0.39, 0.29) is 5.56 Å². The average molecular weight is 339 g/mol. The molecule has 0 unspecified atom stereocenters. The minimum Gasteiger partial charge on any atom is -0.310 e. The van der Waals surface area contributed by atoms with Gasteiger partial charge in [-0.25, -0.2) is 0 Å². The lowest BCUT2D eigenvalue weighted by Gasteiger charge is -2.13. The van der Waals surface area contributed by atoms with Gasteiger partial charge >= 0.3 is 0 Å². The monoisotopic (exact) mass is 338 g/mol. The highest BCUT2D eigenvalue weighted by atomic mass is 79.9. The first-order chi connectivity index (χ1) is 10.1. The minimum absolute atomic E-state index is 0.0916. The van der Waals surface area contributed by atoms with Crippen LogP contribution in [0, 0.1) is 11.3 Å². The molecule has 0 saturated heterocycles. The number of aryl methyl sites for hydroxylation is 1. The van der Waals surface area contributed by atoms with Gasteiger partial charge in [0.15, 0.2) is 0 Å². The highest BCUT2D eigenvalue weighted by Crippen LogP contribution is 2.33. The van der Waals surface area contributed by atoms with Gasteiger partial charge in [-0.05, 0) is 39.7 Å². The Hall–Kier alpha value is -2.38. The molecule has 0 atom stereocenters. The summed E-state index contributed by atoms with van der Waals surface area (Å²) in [6, 6.07) is 17.2. The van der Waals surface area contributed by atoms with Crippen LogP contribution in [0.4, 0.5) is 0 Å². The van der Waals surface area contributed by atoms with Crippen LogP contribution in [0.3, 0.4) is 0 Å². The number of benzene rings is 2. The van der Waals surface area contributed by atoms with Crippen molar-refractivity contribution < 1.29 is 0 Å². The van der Waals surface area contributed by atoms with Crippen LogP contribution in [0.2, 0.25) is 0 Å². The fourth-order valence-corrected chi connectivity index (χ4v) is 3.19. The van der Waals surface area contributed by atoms with E-state index < -0.39 is 0 Å². The number of pyridine rings is 1. The Bertz CT molecular complexity index is 951. The van der Waals surface area contributed by atoms with E-state index >= 15 is 0 Å². The molecular formula is C17H11BrN2O. The molecule has 4 heteroatoms. The van der Waals surface area contributed by atoms with Crippen molar-refractivity contribution in [3.05, 3.63) is 68.9 Å². The Morgan fingerprint density at radius 1 is 1.14 bits per heavy atom. The van der Waals surface area contributed by atoms with Crippen molar-refractivity contribution >= 4 is 26.8 Å². The van der Waals surface area contributed by atoms with Gasteiger partial charge in [0, 0.05) is 18.0 Å². The minimum atomic E-state index is -0.0916. The number of nitriles is 1. The number of aromatic nitrogens is 1. The molecule has 0 amide bonds. The van der Waals surface area contributed by atoms with Crippen LogP contribution in [0.5, 0.6) is 0 Å². The molecular weight excluding hydrogens is 328 g/mol.